The number of para-hydroxylation sites is 2. The number of aliphatic hydroxyl groups excluding tert-OH is 1. The van der Waals surface area contributed by atoms with Crippen molar-refractivity contribution in [1.29, 1.82) is 0 Å². The Hall–Kier alpha value is -7.74. The number of aliphatic hydroxyl groups is 1. The number of rotatable bonds is 26. The molecule has 18 heteroatoms. The van der Waals surface area contributed by atoms with Gasteiger partial charge in [0.1, 0.15) is 11.5 Å². The van der Waals surface area contributed by atoms with E-state index in [4.69, 9.17) is 43.2 Å². The van der Waals surface area contributed by atoms with Gasteiger partial charge in [0.2, 0.25) is 10.3 Å². The van der Waals surface area contributed by atoms with Crippen molar-refractivity contribution in [2.45, 2.75) is 57.2 Å². The lowest BCUT2D eigenvalue weighted by Crippen LogP contribution is -2.21. The number of epoxide rings is 1. The van der Waals surface area contributed by atoms with Gasteiger partial charge in [-0.05, 0) is 140 Å². The molecule has 77 heavy (non-hydrogen) atoms. The van der Waals surface area contributed by atoms with E-state index in [0.29, 0.717) is 71.3 Å². The largest absolute Gasteiger partial charge is 0.502 e. The molecule has 1 saturated carbocycles. The molecule has 6 aromatic carbocycles. The zero-order valence-corrected chi connectivity index (χ0v) is 44.1. The maximum Gasteiger partial charge on any atom is 0.343 e. The minimum absolute atomic E-state index is 0.106. The van der Waals surface area contributed by atoms with Gasteiger partial charge in [0, 0.05) is 30.8 Å². The van der Waals surface area contributed by atoms with Crippen molar-refractivity contribution >= 4 is 88.5 Å². The highest BCUT2D eigenvalue weighted by atomic mass is 32.1. The van der Waals surface area contributed by atoms with Gasteiger partial charge >= 0.3 is 11.9 Å². The van der Waals surface area contributed by atoms with E-state index < -0.39 is 11.9 Å². The molecule has 3 heterocycles. The topological polar surface area (TPSA) is 188 Å². The van der Waals surface area contributed by atoms with Crippen molar-refractivity contribution in [2.24, 2.45) is 16.1 Å². The van der Waals surface area contributed by atoms with Gasteiger partial charge in [-0.2, -0.15) is 10.2 Å². The first kappa shape index (κ1) is 52.7. The molecule has 1 saturated heterocycles. The van der Waals surface area contributed by atoms with Crippen LogP contribution in [0.2, 0.25) is 0 Å². The van der Waals surface area contributed by atoms with E-state index in [1.807, 2.05) is 84.9 Å². The number of unbranched alkanes of at least 4 members (excludes halogenated alkanes) is 1. The molecule has 0 radical (unpaired) electrons. The monoisotopic (exact) mass is 1070 g/mol. The van der Waals surface area contributed by atoms with Crippen molar-refractivity contribution in [3.63, 3.8) is 0 Å². The molecule has 3 unspecified atom stereocenters. The number of fused-ring (bicyclic) bond motifs is 4. The Morgan fingerprint density at radius 2 is 1.55 bits per heavy atom. The van der Waals surface area contributed by atoms with Crippen molar-refractivity contribution in [3.05, 3.63) is 156 Å². The lowest BCUT2D eigenvalue weighted by Gasteiger charge is -2.18. The molecule has 0 spiro atoms. The Bertz CT molecular complexity index is 3370. The summed E-state index contributed by atoms with van der Waals surface area (Å²) in [6.45, 7) is 6.06. The Balaban J connectivity index is 0.859. The van der Waals surface area contributed by atoms with Gasteiger partial charge in [0.15, 0.2) is 11.5 Å². The number of esters is 2. The summed E-state index contributed by atoms with van der Waals surface area (Å²) >= 11 is 2.89. The first-order valence-electron chi connectivity index (χ1n) is 25.6. The Kier molecular flexibility index (Phi) is 17.4. The fourth-order valence-electron chi connectivity index (χ4n) is 9.14. The second kappa shape index (κ2) is 25.4. The first-order chi connectivity index (χ1) is 37.8. The molecular formula is C59H58N6O10S2. The number of benzene rings is 6. The van der Waals surface area contributed by atoms with Crippen molar-refractivity contribution in [1.82, 2.24) is 9.97 Å². The number of aromatic nitrogens is 2. The lowest BCUT2D eigenvalue weighted by molar-refractivity contribution is 0.0728. The summed E-state index contributed by atoms with van der Waals surface area (Å²) in [7, 11) is 1.42. The molecule has 2 N–H and O–H groups in total. The van der Waals surface area contributed by atoms with Gasteiger partial charge in [-0.3, -0.25) is 5.43 Å². The molecule has 2 fully saturated rings. The molecule has 2 aromatic heterocycles. The van der Waals surface area contributed by atoms with Crippen LogP contribution in [-0.2, 0) is 20.6 Å². The number of hydrogen-bond donors (Lipinski definition) is 2. The average molecular weight is 1080 g/mol. The number of anilines is 2. The van der Waals surface area contributed by atoms with Crippen LogP contribution >= 0.6 is 22.7 Å². The van der Waals surface area contributed by atoms with Crippen LogP contribution in [0.5, 0.6) is 23.0 Å². The zero-order chi connectivity index (χ0) is 52.9. The van der Waals surface area contributed by atoms with E-state index in [-0.39, 0.29) is 36.0 Å². The van der Waals surface area contributed by atoms with Crippen LogP contribution in [0, 0.1) is 5.92 Å². The number of aryl methyl sites for hydroxylation is 1. The van der Waals surface area contributed by atoms with Gasteiger partial charge in [-0.15, -0.1) is 0 Å². The van der Waals surface area contributed by atoms with Gasteiger partial charge in [0.05, 0.1) is 95.9 Å². The van der Waals surface area contributed by atoms with Gasteiger partial charge < -0.3 is 38.3 Å². The van der Waals surface area contributed by atoms with E-state index in [1.54, 1.807) is 29.6 Å². The predicted molar refractivity (Wildman–Crippen MR) is 302 cm³/mol. The fourth-order valence-corrected chi connectivity index (χ4v) is 10.9. The van der Waals surface area contributed by atoms with E-state index in [9.17, 15) is 14.7 Å². The Morgan fingerprint density at radius 3 is 2.34 bits per heavy atom. The highest BCUT2D eigenvalue weighted by molar-refractivity contribution is 7.22. The minimum Gasteiger partial charge on any atom is -0.502 e. The van der Waals surface area contributed by atoms with E-state index in [0.717, 1.165) is 81.2 Å². The molecule has 0 amide bonds. The lowest BCUT2D eigenvalue weighted by atomic mass is 9.90. The molecule has 0 bridgehead atoms. The average Bonchev–Trinajstić information content (AvgIpc) is 3.90. The maximum absolute atomic E-state index is 14.4. The third kappa shape index (κ3) is 13.6. The summed E-state index contributed by atoms with van der Waals surface area (Å²) < 4.78 is 42.8. The number of ether oxygens (including phenoxy) is 7. The summed E-state index contributed by atoms with van der Waals surface area (Å²) in [6.07, 6.45) is 12.0. The number of methoxy groups -OCH3 is 1. The van der Waals surface area contributed by atoms with Gasteiger partial charge in [-0.1, -0.05) is 65.7 Å². The van der Waals surface area contributed by atoms with Crippen LogP contribution in [0.4, 0.5) is 10.3 Å². The first-order valence-corrected chi connectivity index (χ1v) is 27.3. The number of thiazole rings is 2. The number of carbonyl (C=O) groups excluding carboxylic acids is 2. The number of nitrogens with one attached hydrogen (secondary N) is 1. The second-order valence-electron chi connectivity index (χ2n) is 18.5. The molecule has 16 nitrogen and oxygen atoms in total. The van der Waals surface area contributed by atoms with Gasteiger partial charge in [0.25, 0.3) is 0 Å². The van der Waals surface area contributed by atoms with Crippen molar-refractivity contribution < 1.29 is 47.9 Å². The maximum atomic E-state index is 14.4. The van der Waals surface area contributed by atoms with Gasteiger partial charge in [-0.25, -0.2) is 24.6 Å². The summed E-state index contributed by atoms with van der Waals surface area (Å²) in [4.78, 5) is 37.4. The second-order valence-corrected chi connectivity index (χ2v) is 20.6. The number of hydrogen-bond acceptors (Lipinski definition) is 18. The molecule has 8 aromatic rings. The number of nitrogens with zero attached hydrogens (tertiary/aromatic N) is 5. The molecule has 3 atom stereocenters. The highest BCUT2D eigenvalue weighted by Crippen LogP contribution is 2.40. The van der Waals surface area contributed by atoms with Crippen LogP contribution in [0.3, 0.4) is 0 Å². The summed E-state index contributed by atoms with van der Waals surface area (Å²) in [5.41, 5.74) is 6.97. The van der Waals surface area contributed by atoms with Crippen LogP contribution < -0.4 is 29.4 Å². The Morgan fingerprint density at radius 1 is 0.792 bits per heavy atom. The molecule has 396 valence electrons. The van der Waals surface area contributed by atoms with Crippen molar-refractivity contribution in [3.8, 4) is 23.0 Å². The number of hydrazone groups is 2. The van der Waals surface area contributed by atoms with E-state index >= 15 is 0 Å². The predicted octanol–water partition coefficient (Wildman–Crippen LogP) is 11.6. The normalized spacial score (nSPS) is 15.9. The molecule has 10 rings (SSSR count). The quantitative estimate of drug-likeness (QED) is 0.00991. The summed E-state index contributed by atoms with van der Waals surface area (Å²) in [5, 5.41) is 24.0. The van der Waals surface area contributed by atoms with Crippen LogP contribution in [0.1, 0.15) is 75.9 Å². The molecule has 1 aliphatic heterocycles. The molecule has 1 aliphatic carbocycles. The Labute approximate surface area is 453 Å². The molecule has 2 aliphatic rings. The van der Waals surface area contributed by atoms with Crippen molar-refractivity contribution in [2.75, 3.05) is 57.1 Å². The minimum atomic E-state index is -0.731. The third-order valence-corrected chi connectivity index (χ3v) is 15.1. The zero-order valence-electron chi connectivity index (χ0n) is 42.5. The van der Waals surface area contributed by atoms with E-state index in [2.05, 4.69) is 22.1 Å². The SMILES string of the molecule is C=COCCCCc1cc(/C=N/Nc2nc3ccccc3s2)c(OC(=O)c2ccc(OC(=O)c3ccc4cc(OCCCOCC5CCC6OC6C5)ccc4c3)c(OC)c2)c(/C=N/N(CCO)c2nc3ccccc3s2)c1. The smallest absolute Gasteiger partial charge is 0.343 e. The molecular weight excluding hydrogens is 1020 g/mol. The third-order valence-electron chi connectivity index (χ3n) is 13.1. The summed E-state index contributed by atoms with van der Waals surface area (Å²) in [5.74, 6) is 0.372. The van der Waals surface area contributed by atoms with E-state index in [1.165, 1.54) is 60.7 Å². The van der Waals surface area contributed by atoms with Crippen LogP contribution in [-0.4, -0.2) is 98.3 Å². The fraction of sp³-hybridized carbons (Fsp3) is 0.288. The number of carbonyl (C=O) groups is 2. The standard InChI is InChI=1S/C59H58N6O10S2/c1-3-70-26-9-8-11-38-29-44(35-60-64-58-62-47-12-4-6-14-53(47)76-58)55(45(30-38)36-61-65(24-25-66)59-63-48-13-5-7-15-54(48)77-59)75-57(68)43-20-23-49(51(34-43)69-2)74-56(67)42-18-17-41-33-46(21-19-40(41)32-42)72-28-10-27-71-37-39-16-22-50-52(31-39)73-50/h3-7,12-15,17-21,23,29-30,32-36,39,50,52,66H,1,8-11,16,22,24-28,31,37H2,2H3,(H,62,64)/b60-35+,61-36+. The highest BCUT2D eigenvalue weighted by Gasteiger charge is 2.43. The van der Waals surface area contributed by atoms with Crippen LogP contribution in [0.15, 0.2) is 138 Å². The van der Waals surface area contributed by atoms with Crippen LogP contribution in [0.25, 0.3) is 31.2 Å². The summed E-state index contributed by atoms with van der Waals surface area (Å²) in [6, 6.07) is 34.9.